The van der Waals surface area contributed by atoms with Gasteiger partial charge in [0.05, 0.1) is 25.4 Å². The van der Waals surface area contributed by atoms with Crippen LogP contribution in [0.1, 0.15) is 70.0 Å². The summed E-state index contributed by atoms with van der Waals surface area (Å²) in [6.45, 7) is 3.56. The number of ether oxygens (including phenoxy) is 2. The fourth-order valence-corrected chi connectivity index (χ4v) is 4.57. The molecule has 3 atom stereocenters. The second kappa shape index (κ2) is 12.1. The number of unbranched alkanes of at least 4 members (excludes halogenated alkanes) is 5. The Morgan fingerprint density at radius 2 is 1.66 bits per heavy atom. The van der Waals surface area contributed by atoms with E-state index in [-0.39, 0.29) is 25.4 Å². The van der Waals surface area contributed by atoms with Gasteiger partial charge in [0.2, 0.25) is 0 Å². The predicted octanol–water partition coefficient (Wildman–Crippen LogP) is 6.11. The Morgan fingerprint density at radius 3 is 2.44 bits per heavy atom. The lowest BCUT2D eigenvalue weighted by Gasteiger charge is -2.41. The van der Waals surface area contributed by atoms with Crippen LogP contribution in [0.25, 0.3) is 0 Å². The Labute approximate surface area is 197 Å². The van der Waals surface area contributed by atoms with Gasteiger partial charge in [-0.25, -0.2) is 0 Å². The zero-order chi connectivity index (χ0) is 22.2. The van der Waals surface area contributed by atoms with Gasteiger partial charge < -0.3 is 18.8 Å². The number of benzene rings is 2. The maximum Gasteiger partial charge on any atom is 0.494 e. The number of rotatable bonds is 10. The predicted molar refractivity (Wildman–Crippen MR) is 130 cm³/mol. The highest BCUT2D eigenvalue weighted by atomic mass is 35.5. The molecule has 0 spiro atoms. The summed E-state index contributed by atoms with van der Waals surface area (Å²) in [5.41, 5.74) is 2.18. The maximum absolute atomic E-state index is 6.29. The van der Waals surface area contributed by atoms with Crippen molar-refractivity contribution in [3.05, 3.63) is 59.1 Å². The fraction of sp³-hybridized carbons (Fsp3) is 0.538. The fourth-order valence-electron chi connectivity index (χ4n) is 4.44. The van der Waals surface area contributed by atoms with Gasteiger partial charge in [0, 0.05) is 5.02 Å². The van der Waals surface area contributed by atoms with E-state index in [0.29, 0.717) is 6.61 Å². The van der Waals surface area contributed by atoms with Crippen LogP contribution in [0.15, 0.2) is 48.5 Å². The summed E-state index contributed by atoms with van der Waals surface area (Å²) in [4.78, 5) is 0. The highest BCUT2D eigenvalue weighted by Crippen LogP contribution is 2.35. The van der Waals surface area contributed by atoms with Crippen molar-refractivity contribution in [1.29, 1.82) is 0 Å². The topological polar surface area (TPSA) is 36.9 Å². The van der Waals surface area contributed by atoms with Crippen LogP contribution in [0.4, 0.5) is 0 Å². The second-order valence-electron chi connectivity index (χ2n) is 8.82. The van der Waals surface area contributed by atoms with Crippen LogP contribution in [-0.2, 0) is 14.0 Å². The molecule has 32 heavy (non-hydrogen) atoms. The SMILES string of the molecule is CCCCCCCCOc1ccc(B2OC[C@H]3O[C@@H](c4ccc(Cl)cc4)CC[C@@H]3O2)cc1. The summed E-state index contributed by atoms with van der Waals surface area (Å²) < 4.78 is 24.5. The van der Waals surface area contributed by atoms with Gasteiger partial charge in [0.1, 0.15) is 11.9 Å². The summed E-state index contributed by atoms with van der Waals surface area (Å²) >= 11 is 6.01. The number of fused-ring (bicyclic) bond motifs is 1. The Kier molecular flexibility index (Phi) is 8.92. The summed E-state index contributed by atoms with van der Waals surface area (Å²) in [5, 5.41) is 0.744. The van der Waals surface area contributed by atoms with Crippen molar-refractivity contribution in [3.63, 3.8) is 0 Å². The smallest absolute Gasteiger partial charge is 0.494 e. The van der Waals surface area contributed by atoms with E-state index in [1.54, 1.807) is 0 Å². The summed E-state index contributed by atoms with van der Waals surface area (Å²) in [6.07, 6.45) is 9.59. The first kappa shape index (κ1) is 23.6. The van der Waals surface area contributed by atoms with Crippen molar-refractivity contribution in [3.8, 4) is 5.75 Å². The van der Waals surface area contributed by atoms with Gasteiger partial charge in [-0.2, -0.15) is 0 Å². The molecule has 6 heteroatoms. The molecule has 0 N–H and O–H groups in total. The van der Waals surface area contributed by atoms with Crippen LogP contribution in [-0.4, -0.2) is 32.5 Å². The third kappa shape index (κ3) is 6.51. The quantitative estimate of drug-likeness (QED) is 0.319. The maximum atomic E-state index is 6.29. The molecule has 0 unspecified atom stereocenters. The largest absolute Gasteiger partial charge is 0.494 e. The third-order valence-electron chi connectivity index (χ3n) is 6.34. The molecule has 2 aliphatic heterocycles. The molecule has 4 rings (SSSR count). The molecule has 0 saturated carbocycles. The van der Waals surface area contributed by atoms with E-state index in [1.807, 2.05) is 48.5 Å². The van der Waals surface area contributed by atoms with E-state index in [4.69, 9.17) is 30.4 Å². The summed E-state index contributed by atoms with van der Waals surface area (Å²) in [7, 11) is -0.348. The minimum atomic E-state index is -0.348. The van der Waals surface area contributed by atoms with Crippen LogP contribution in [0.5, 0.6) is 5.75 Å². The molecular weight excluding hydrogens is 423 g/mol. The minimum Gasteiger partial charge on any atom is -0.494 e. The average Bonchev–Trinajstić information content (AvgIpc) is 2.84. The van der Waals surface area contributed by atoms with Crippen molar-refractivity contribution in [1.82, 2.24) is 0 Å². The second-order valence-corrected chi connectivity index (χ2v) is 9.25. The molecule has 2 aliphatic rings. The first-order valence-electron chi connectivity index (χ1n) is 12.1. The van der Waals surface area contributed by atoms with Gasteiger partial charge in [-0.3, -0.25) is 0 Å². The third-order valence-corrected chi connectivity index (χ3v) is 6.59. The molecule has 0 aromatic heterocycles. The molecule has 4 nitrogen and oxygen atoms in total. The van der Waals surface area contributed by atoms with E-state index < -0.39 is 0 Å². The molecule has 0 radical (unpaired) electrons. The molecule has 2 heterocycles. The highest BCUT2D eigenvalue weighted by Gasteiger charge is 2.41. The lowest BCUT2D eigenvalue weighted by Crippen LogP contribution is -2.54. The molecule has 0 bridgehead atoms. The van der Waals surface area contributed by atoms with Gasteiger partial charge in [0.25, 0.3) is 0 Å². The monoisotopic (exact) mass is 456 g/mol. The Hall–Kier alpha value is -1.53. The van der Waals surface area contributed by atoms with Crippen LogP contribution in [0.2, 0.25) is 5.02 Å². The van der Waals surface area contributed by atoms with Gasteiger partial charge in [-0.1, -0.05) is 74.9 Å². The van der Waals surface area contributed by atoms with Crippen molar-refractivity contribution >= 4 is 24.2 Å². The van der Waals surface area contributed by atoms with E-state index >= 15 is 0 Å². The molecular formula is C26H34BClO4. The van der Waals surface area contributed by atoms with Crippen LogP contribution < -0.4 is 10.2 Å². The van der Waals surface area contributed by atoms with Crippen molar-refractivity contribution in [2.24, 2.45) is 0 Å². The molecule has 2 fully saturated rings. The van der Waals surface area contributed by atoms with Crippen LogP contribution in [0.3, 0.4) is 0 Å². The number of hydrogen-bond acceptors (Lipinski definition) is 4. The van der Waals surface area contributed by atoms with Crippen molar-refractivity contribution in [2.45, 2.75) is 76.6 Å². The zero-order valence-electron chi connectivity index (χ0n) is 19.0. The first-order valence-corrected chi connectivity index (χ1v) is 12.5. The van der Waals surface area contributed by atoms with Crippen molar-refractivity contribution in [2.75, 3.05) is 13.2 Å². The van der Waals surface area contributed by atoms with Crippen LogP contribution >= 0.6 is 11.6 Å². The lowest BCUT2D eigenvalue weighted by molar-refractivity contribution is -0.150. The summed E-state index contributed by atoms with van der Waals surface area (Å²) in [6, 6.07) is 16.0. The van der Waals surface area contributed by atoms with E-state index in [0.717, 1.165) is 47.7 Å². The van der Waals surface area contributed by atoms with E-state index in [1.165, 1.54) is 32.1 Å². The molecule has 0 amide bonds. The van der Waals surface area contributed by atoms with E-state index in [9.17, 15) is 0 Å². The number of hydrogen-bond donors (Lipinski definition) is 0. The zero-order valence-corrected chi connectivity index (χ0v) is 19.8. The Bertz CT molecular complexity index is 814. The summed E-state index contributed by atoms with van der Waals surface area (Å²) in [5.74, 6) is 0.905. The normalized spacial score (nSPS) is 23.1. The Morgan fingerprint density at radius 1 is 0.906 bits per heavy atom. The van der Waals surface area contributed by atoms with Gasteiger partial charge in [0.15, 0.2) is 0 Å². The van der Waals surface area contributed by atoms with Crippen LogP contribution in [0, 0.1) is 0 Å². The first-order chi connectivity index (χ1) is 15.7. The Balaban J connectivity index is 1.21. The minimum absolute atomic E-state index is 0.0411. The van der Waals surface area contributed by atoms with Gasteiger partial charge >= 0.3 is 7.12 Å². The molecule has 0 aliphatic carbocycles. The highest BCUT2D eigenvalue weighted by molar-refractivity contribution is 6.61. The number of halogens is 1. The van der Waals surface area contributed by atoms with Gasteiger partial charge in [-0.15, -0.1) is 0 Å². The molecule has 2 aromatic rings. The standard InChI is InChI=1S/C26H34BClO4/c1-2-3-4-5-6-7-18-29-23-14-10-21(11-15-23)27-30-19-26-25(32-27)17-16-24(31-26)20-8-12-22(28)13-9-20/h8-15,24-26H,2-7,16-19H2,1H3/t24-,25+,26-/m1/s1. The van der Waals surface area contributed by atoms with Gasteiger partial charge in [-0.05, 0) is 54.6 Å². The lowest BCUT2D eigenvalue weighted by atomic mass is 9.76. The van der Waals surface area contributed by atoms with Crippen molar-refractivity contribution < 1.29 is 18.8 Å². The average molecular weight is 457 g/mol. The van der Waals surface area contributed by atoms with E-state index in [2.05, 4.69) is 6.92 Å². The molecule has 2 saturated heterocycles. The molecule has 172 valence electrons. The molecule has 2 aromatic carbocycles.